The first-order valence-corrected chi connectivity index (χ1v) is 9.20. The Labute approximate surface area is 153 Å². The second kappa shape index (κ2) is 8.17. The molecule has 1 aromatic rings. The molecule has 2 aliphatic heterocycles. The van der Waals surface area contributed by atoms with Crippen molar-refractivity contribution in [2.24, 2.45) is 0 Å². The molecular weight excluding hydrogens is 340 g/mol. The number of para-hydroxylation sites is 1. The first-order chi connectivity index (χ1) is 12.1. The number of nitrogens with zero attached hydrogens (tertiary/aromatic N) is 3. The maximum atomic E-state index is 12.8. The molecule has 0 bridgehead atoms. The molecule has 0 radical (unpaired) electrons. The fourth-order valence-corrected chi connectivity index (χ4v) is 3.72. The number of benzene rings is 1. The predicted octanol–water partition coefficient (Wildman–Crippen LogP) is 1.20. The van der Waals surface area contributed by atoms with Crippen molar-refractivity contribution in [1.82, 2.24) is 15.1 Å². The second-order valence-electron chi connectivity index (χ2n) is 6.61. The molecule has 0 saturated carbocycles. The highest BCUT2D eigenvalue weighted by atomic mass is 35.5. The molecule has 2 fully saturated rings. The Morgan fingerprint density at radius 1 is 1.28 bits per heavy atom. The van der Waals surface area contributed by atoms with E-state index in [0.29, 0.717) is 24.5 Å². The van der Waals surface area contributed by atoms with Gasteiger partial charge in [0.2, 0.25) is 11.8 Å². The summed E-state index contributed by atoms with van der Waals surface area (Å²) in [4.78, 5) is 30.7. The molecule has 2 amide bonds. The Morgan fingerprint density at radius 2 is 2.00 bits per heavy atom. The lowest BCUT2D eigenvalue weighted by Gasteiger charge is -2.29. The Kier molecular flexibility index (Phi) is 5.93. The third-order valence-corrected chi connectivity index (χ3v) is 5.32. The summed E-state index contributed by atoms with van der Waals surface area (Å²) in [5, 5.41) is 3.84. The molecule has 25 heavy (non-hydrogen) atoms. The fraction of sp³-hybridized carbons (Fsp3) is 0.556. The van der Waals surface area contributed by atoms with Crippen LogP contribution in [0.25, 0.3) is 0 Å². The molecule has 0 aromatic heterocycles. The highest BCUT2D eigenvalue weighted by Crippen LogP contribution is 2.30. The number of likely N-dealkylation sites (N-methyl/N-ethyl adjacent to an activating group) is 1. The normalized spacial score (nSPS) is 21.2. The lowest BCUT2D eigenvalue weighted by molar-refractivity contribution is -0.132. The van der Waals surface area contributed by atoms with Gasteiger partial charge in [-0.25, -0.2) is 0 Å². The van der Waals surface area contributed by atoms with Crippen molar-refractivity contribution < 1.29 is 9.59 Å². The van der Waals surface area contributed by atoms with Crippen LogP contribution in [0.5, 0.6) is 0 Å². The zero-order chi connectivity index (χ0) is 17.8. The van der Waals surface area contributed by atoms with Gasteiger partial charge in [-0.15, -0.1) is 0 Å². The van der Waals surface area contributed by atoms with Crippen molar-refractivity contribution in [3.8, 4) is 0 Å². The zero-order valence-corrected chi connectivity index (χ0v) is 15.3. The average Bonchev–Trinajstić information content (AvgIpc) is 3.02. The summed E-state index contributed by atoms with van der Waals surface area (Å²) in [5.41, 5.74) is 0.766. The number of piperazine rings is 1. The van der Waals surface area contributed by atoms with Crippen LogP contribution in [-0.4, -0.2) is 74.0 Å². The molecule has 2 heterocycles. The standard InChI is InChI=1S/C18H25ClN4O2/c1-21(10-7-17(24)22-12-8-20-9-13-22)16-6-11-23(18(16)25)15-5-3-2-4-14(15)19/h2-5,16,20H,6-13H2,1H3. The van der Waals surface area contributed by atoms with Gasteiger partial charge in [0.25, 0.3) is 0 Å². The van der Waals surface area contributed by atoms with Crippen molar-refractivity contribution >= 4 is 29.1 Å². The van der Waals surface area contributed by atoms with Crippen LogP contribution in [0.1, 0.15) is 12.8 Å². The van der Waals surface area contributed by atoms with Crippen LogP contribution in [0.2, 0.25) is 5.02 Å². The lowest BCUT2D eigenvalue weighted by atomic mass is 10.2. The van der Waals surface area contributed by atoms with E-state index in [-0.39, 0.29) is 17.9 Å². The Balaban J connectivity index is 1.54. The van der Waals surface area contributed by atoms with Gasteiger partial charge in [0, 0.05) is 45.7 Å². The summed E-state index contributed by atoms with van der Waals surface area (Å²) >= 11 is 6.22. The van der Waals surface area contributed by atoms with Crippen molar-refractivity contribution in [2.45, 2.75) is 18.9 Å². The van der Waals surface area contributed by atoms with Crippen LogP contribution >= 0.6 is 11.6 Å². The van der Waals surface area contributed by atoms with Crippen LogP contribution in [-0.2, 0) is 9.59 Å². The van der Waals surface area contributed by atoms with Gasteiger partial charge in [0.05, 0.1) is 16.8 Å². The van der Waals surface area contributed by atoms with Gasteiger partial charge in [-0.3, -0.25) is 14.5 Å². The summed E-state index contributed by atoms with van der Waals surface area (Å²) < 4.78 is 0. The van der Waals surface area contributed by atoms with Crippen LogP contribution < -0.4 is 10.2 Å². The molecule has 1 aromatic carbocycles. The van der Waals surface area contributed by atoms with Crippen molar-refractivity contribution in [3.63, 3.8) is 0 Å². The molecule has 1 unspecified atom stereocenters. The number of carbonyl (C=O) groups is 2. The molecule has 6 nitrogen and oxygen atoms in total. The number of nitrogens with one attached hydrogen (secondary N) is 1. The highest BCUT2D eigenvalue weighted by molar-refractivity contribution is 6.33. The van der Waals surface area contributed by atoms with E-state index >= 15 is 0 Å². The predicted molar refractivity (Wildman–Crippen MR) is 98.9 cm³/mol. The monoisotopic (exact) mass is 364 g/mol. The van der Waals surface area contributed by atoms with Crippen LogP contribution in [0, 0.1) is 0 Å². The van der Waals surface area contributed by atoms with Gasteiger partial charge in [-0.2, -0.15) is 0 Å². The Bertz CT molecular complexity index is 633. The van der Waals surface area contributed by atoms with E-state index in [1.54, 1.807) is 11.0 Å². The second-order valence-corrected chi connectivity index (χ2v) is 7.01. The summed E-state index contributed by atoms with van der Waals surface area (Å²) in [6.07, 6.45) is 1.20. The number of carbonyl (C=O) groups excluding carboxylic acids is 2. The molecule has 1 atom stereocenters. The van der Waals surface area contributed by atoms with Crippen LogP contribution in [0.3, 0.4) is 0 Å². The quantitative estimate of drug-likeness (QED) is 0.853. The van der Waals surface area contributed by atoms with Crippen LogP contribution in [0.4, 0.5) is 5.69 Å². The van der Waals surface area contributed by atoms with Crippen molar-refractivity contribution in [3.05, 3.63) is 29.3 Å². The first-order valence-electron chi connectivity index (χ1n) is 8.82. The maximum absolute atomic E-state index is 12.8. The molecule has 2 saturated heterocycles. The SMILES string of the molecule is CN(CCC(=O)N1CCNCC1)C1CCN(c2ccccc2Cl)C1=O. The molecule has 7 heteroatoms. The van der Waals surface area contributed by atoms with E-state index in [0.717, 1.165) is 38.3 Å². The van der Waals surface area contributed by atoms with E-state index in [2.05, 4.69) is 5.32 Å². The minimum atomic E-state index is -0.188. The van der Waals surface area contributed by atoms with E-state index in [4.69, 9.17) is 11.6 Å². The zero-order valence-electron chi connectivity index (χ0n) is 14.6. The summed E-state index contributed by atoms with van der Waals surface area (Å²) in [6, 6.07) is 7.23. The average molecular weight is 365 g/mol. The smallest absolute Gasteiger partial charge is 0.244 e. The van der Waals surface area contributed by atoms with Gasteiger partial charge in [-0.05, 0) is 25.6 Å². The fourth-order valence-electron chi connectivity index (χ4n) is 3.48. The minimum absolute atomic E-state index is 0.0604. The molecule has 0 aliphatic carbocycles. The molecule has 0 spiro atoms. The van der Waals surface area contributed by atoms with Crippen molar-refractivity contribution in [2.75, 3.05) is 51.2 Å². The number of halogens is 1. The molecular formula is C18H25ClN4O2. The number of hydrogen-bond donors (Lipinski definition) is 1. The van der Waals surface area contributed by atoms with Gasteiger partial charge < -0.3 is 15.1 Å². The van der Waals surface area contributed by atoms with Crippen LogP contribution in [0.15, 0.2) is 24.3 Å². The number of rotatable bonds is 5. The van der Waals surface area contributed by atoms with Gasteiger partial charge in [0.1, 0.15) is 0 Å². The summed E-state index contributed by atoms with van der Waals surface area (Å²) in [6.45, 7) is 4.50. The third-order valence-electron chi connectivity index (χ3n) is 5.00. The minimum Gasteiger partial charge on any atom is -0.340 e. The Morgan fingerprint density at radius 3 is 2.72 bits per heavy atom. The topological polar surface area (TPSA) is 55.9 Å². The van der Waals surface area contributed by atoms with E-state index < -0.39 is 0 Å². The van der Waals surface area contributed by atoms with E-state index in [9.17, 15) is 9.59 Å². The van der Waals surface area contributed by atoms with E-state index in [1.165, 1.54) is 0 Å². The molecule has 2 aliphatic rings. The van der Waals surface area contributed by atoms with Gasteiger partial charge in [0.15, 0.2) is 0 Å². The molecule has 3 rings (SSSR count). The summed E-state index contributed by atoms with van der Waals surface area (Å²) in [5.74, 6) is 0.229. The van der Waals surface area contributed by atoms with E-state index in [1.807, 2.05) is 35.0 Å². The molecule has 1 N–H and O–H groups in total. The van der Waals surface area contributed by atoms with Crippen molar-refractivity contribution in [1.29, 1.82) is 0 Å². The van der Waals surface area contributed by atoms with Gasteiger partial charge in [-0.1, -0.05) is 23.7 Å². The number of amides is 2. The lowest BCUT2D eigenvalue weighted by Crippen LogP contribution is -2.47. The summed E-state index contributed by atoms with van der Waals surface area (Å²) in [7, 11) is 1.92. The largest absolute Gasteiger partial charge is 0.340 e. The first kappa shape index (κ1) is 18.2. The molecule has 136 valence electrons. The third kappa shape index (κ3) is 4.14. The maximum Gasteiger partial charge on any atom is 0.244 e. The number of anilines is 1. The Hall–Kier alpha value is -1.63. The highest BCUT2D eigenvalue weighted by Gasteiger charge is 2.36. The number of hydrogen-bond acceptors (Lipinski definition) is 4. The van der Waals surface area contributed by atoms with Gasteiger partial charge >= 0.3 is 0 Å².